The molecule has 1 rings (SSSR count). The molecule has 0 radical (unpaired) electrons. The summed E-state index contributed by atoms with van der Waals surface area (Å²) in [6, 6.07) is 5.60. The van der Waals surface area contributed by atoms with E-state index in [0.717, 1.165) is 11.1 Å². The van der Waals surface area contributed by atoms with Crippen molar-refractivity contribution in [3.05, 3.63) is 40.5 Å². The molecule has 0 heterocycles. The molecule has 0 aliphatic carbocycles. The molecule has 1 nitrogen and oxygen atoms in total. The largest absolute Gasteiger partial charge is 0.507 e. The second kappa shape index (κ2) is 4.83. The molecule has 1 aromatic rings. The molecule has 15 heavy (non-hydrogen) atoms. The number of aromatic hydroxyl groups is 1. The van der Waals surface area contributed by atoms with E-state index in [2.05, 4.69) is 19.9 Å². The fourth-order valence-electron chi connectivity index (χ4n) is 1.45. The summed E-state index contributed by atoms with van der Waals surface area (Å²) in [4.78, 5) is 0. The average Bonchev–Trinajstić information content (AvgIpc) is 2.09. The summed E-state index contributed by atoms with van der Waals surface area (Å²) < 4.78 is 0. The summed E-state index contributed by atoms with van der Waals surface area (Å²) in [5.74, 6) is 0.339. The van der Waals surface area contributed by atoms with Crippen LogP contribution in [0, 0.1) is 0 Å². The van der Waals surface area contributed by atoms with Gasteiger partial charge >= 0.3 is 0 Å². The van der Waals surface area contributed by atoms with E-state index < -0.39 is 0 Å². The molecule has 1 aromatic carbocycles. The number of benzene rings is 1. The van der Waals surface area contributed by atoms with Gasteiger partial charge in [0, 0.05) is 5.56 Å². The van der Waals surface area contributed by atoms with Crippen LogP contribution in [-0.4, -0.2) is 5.11 Å². The second-order valence-electron chi connectivity index (χ2n) is 4.22. The molecule has 1 N–H and O–H groups in total. The number of hydrogen-bond acceptors (Lipinski definition) is 1. The van der Waals surface area contributed by atoms with Crippen LogP contribution < -0.4 is 0 Å². The van der Waals surface area contributed by atoms with E-state index in [1.807, 2.05) is 32.1 Å². The van der Waals surface area contributed by atoms with Crippen molar-refractivity contribution >= 4 is 12.2 Å². The van der Waals surface area contributed by atoms with Gasteiger partial charge in [-0.25, -0.2) is 0 Å². The highest BCUT2D eigenvalue weighted by atomic mass is 16.3. The van der Waals surface area contributed by atoms with Gasteiger partial charge in [-0.15, -0.1) is 0 Å². The third-order valence-electron chi connectivity index (χ3n) is 1.99. The minimum absolute atomic E-state index is 0.339. The van der Waals surface area contributed by atoms with Gasteiger partial charge in [0.25, 0.3) is 0 Å². The minimum Gasteiger partial charge on any atom is -0.507 e. The van der Waals surface area contributed by atoms with E-state index in [4.69, 9.17) is 0 Å². The van der Waals surface area contributed by atoms with Gasteiger partial charge in [-0.2, -0.15) is 0 Å². The molecule has 0 spiro atoms. The first kappa shape index (κ1) is 11.6. The zero-order valence-corrected chi connectivity index (χ0v) is 9.83. The fraction of sp³-hybridized carbons (Fsp3) is 0.286. The Bertz CT molecular complexity index is 403. The summed E-state index contributed by atoms with van der Waals surface area (Å²) in [6.45, 7) is 8.16. The maximum Gasteiger partial charge on any atom is 0.123 e. The van der Waals surface area contributed by atoms with E-state index in [1.54, 1.807) is 6.07 Å². The van der Waals surface area contributed by atoms with Gasteiger partial charge in [0.15, 0.2) is 0 Å². The van der Waals surface area contributed by atoms with Crippen LogP contribution in [0.4, 0.5) is 0 Å². The first-order valence-electron chi connectivity index (χ1n) is 5.12. The summed E-state index contributed by atoms with van der Waals surface area (Å²) in [5, 5.41) is 9.78. The van der Waals surface area contributed by atoms with E-state index in [-0.39, 0.29) is 0 Å². The normalized spacial score (nSPS) is 9.60. The van der Waals surface area contributed by atoms with Crippen molar-refractivity contribution in [3.63, 3.8) is 0 Å². The monoisotopic (exact) mass is 202 g/mol. The lowest BCUT2D eigenvalue weighted by Gasteiger charge is -2.05. The molecule has 0 saturated heterocycles. The molecular formula is C14H18O. The summed E-state index contributed by atoms with van der Waals surface area (Å²) in [6.07, 6.45) is 4.08. The van der Waals surface area contributed by atoms with E-state index in [1.165, 1.54) is 11.1 Å². The van der Waals surface area contributed by atoms with Crippen LogP contribution in [-0.2, 0) is 0 Å². The third kappa shape index (κ3) is 3.28. The van der Waals surface area contributed by atoms with Crippen LogP contribution in [0.5, 0.6) is 5.75 Å². The molecule has 0 aliphatic heterocycles. The molecule has 0 amide bonds. The van der Waals surface area contributed by atoms with Gasteiger partial charge in [-0.05, 0) is 39.3 Å². The number of phenols is 1. The Morgan fingerprint density at radius 2 is 1.60 bits per heavy atom. The number of rotatable bonds is 2. The van der Waals surface area contributed by atoms with Gasteiger partial charge in [0.05, 0.1) is 0 Å². The topological polar surface area (TPSA) is 20.2 Å². The zero-order valence-electron chi connectivity index (χ0n) is 9.83. The first-order valence-corrected chi connectivity index (χ1v) is 5.12. The number of phenolic OH excluding ortho intramolecular Hbond substituents is 1. The lowest BCUT2D eigenvalue weighted by molar-refractivity contribution is 0.474. The Labute approximate surface area is 91.8 Å². The van der Waals surface area contributed by atoms with Crippen LogP contribution in [0.15, 0.2) is 29.3 Å². The highest BCUT2D eigenvalue weighted by Gasteiger charge is 2.02. The summed E-state index contributed by atoms with van der Waals surface area (Å²) >= 11 is 0. The average molecular weight is 202 g/mol. The molecular weight excluding hydrogens is 184 g/mol. The Morgan fingerprint density at radius 1 is 1.00 bits per heavy atom. The molecule has 0 fully saturated rings. The Kier molecular flexibility index (Phi) is 3.73. The van der Waals surface area contributed by atoms with Crippen molar-refractivity contribution in [1.82, 2.24) is 0 Å². The molecule has 0 atom stereocenters. The summed E-state index contributed by atoms with van der Waals surface area (Å²) in [5.41, 5.74) is 4.37. The van der Waals surface area contributed by atoms with Crippen LogP contribution in [0.2, 0.25) is 0 Å². The Balaban J connectivity index is 3.33. The molecule has 0 aliphatic rings. The summed E-state index contributed by atoms with van der Waals surface area (Å²) in [7, 11) is 0. The van der Waals surface area contributed by atoms with E-state index >= 15 is 0 Å². The van der Waals surface area contributed by atoms with Crippen LogP contribution in [0.1, 0.15) is 38.8 Å². The van der Waals surface area contributed by atoms with Gasteiger partial charge in [-0.1, -0.05) is 35.4 Å². The van der Waals surface area contributed by atoms with Crippen LogP contribution in [0.25, 0.3) is 12.2 Å². The zero-order chi connectivity index (χ0) is 11.4. The first-order chi connectivity index (χ1) is 7.00. The molecule has 80 valence electrons. The second-order valence-corrected chi connectivity index (χ2v) is 4.22. The maximum atomic E-state index is 9.78. The number of allylic oxidation sites excluding steroid dienone is 2. The minimum atomic E-state index is 0.339. The van der Waals surface area contributed by atoms with Crippen molar-refractivity contribution < 1.29 is 5.11 Å². The lowest BCUT2D eigenvalue weighted by atomic mass is 10.0. The molecule has 0 bridgehead atoms. The van der Waals surface area contributed by atoms with Gasteiger partial charge in [0.2, 0.25) is 0 Å². The quantitative estimate of drug-likeness (QED) is 0.760. The van der Waals surface area contributed by atoms with Crippen molar-refractivity contribution in [3.8, 4) is 5.75 Å². The SMILES string of the molecule is CC(C)=Cc1cccc(O)c1C=C(C)C. The van der Waals surface area contributed by atoms with Crippen molar-refractivity contribution in [2.45, 2.75) is 27.7 Å². The highest BCUT2D eigenvalue weighted by molar-refractivity contribution is 5.71. The third-order valence-corrected chi connectivity index (χ3v) is 1.99. The van der Waals surface area contributed by atoms with Crippen LogP contribution >= 0.6 is 0 Å². The number of hydrogen-bond donors (Lipinski definition) is 1. The van der Waals surface area contributed by atoms with Crippen molar-refractivity contribution in [1.29, 1.82) is 0 Å². The van der Waals surface area contributed by atoms with E-state index in [0.29, 0.717) is 5.75 Å². The highest BCUT2D eigenvalue weighted by Crippen LogP contribution is 2.25. The van der Waals surface area contributed by atoms with E-state index in [9.17, 15) is 5.11 Å². The molecule has 0 aromatic heterocycles. The predicted octanol–water partition coefficient (Wildman–Crippen LogP) is 4.24. The lowest BCUT2D eigenvalue weighted by Crippen LogP contribution is -1.83. The Hall–Kier alpha value is -1.50. The molecule has 0 unspecified atom stereocenters. The standard InChI is InChI=1S/C14H18O/c1-10(2)8-12-6-5-7-14(15)13(12)9-11(3)4/h5-9,15H,1-4H3. The van der Waals surface area contributed by atoms with Gasteiger partial charge in [-0.3, -0.25) is 0 Å². The maximum absolute atomic E-state index is 9.78. The smallest absolute Gasteiger partial charge is 0.123 e. The predicted molar refractivity (Wildman–Crippen MR) is 66.8 cm³/mol. The van der Waals surface area contributed by atoms with Crippen LogP contribution in [0.3, 0.4) is 0 Å². The van der Waals surface area contributed by atoms with Crippen molar-refractivity contribution in [2.75, 3.05) is 0 Å². The molecule has 1 heteroatoms. The fourth-order valence-corrected chi connectivity index (χ4v) is 1.45. The van der Waals surface area contributed by atoms with Crippen molar-refractivity contribution in [2.24, 2.45) is 0 Å². The Morgan fingerprint density at radius 3 is 2.13 bits per heavy atom. The van der Waals surface area contributed by atoms with Gasteiger partial charge < -0.3 is 5.11 Å². The molecule has 0 saturated carbocycles. The van der Waals surface area contributed by atoms with Gasteiger partial charge in [0.1, 0.15) is 5.75 Å².